The molecule has 24 heavy (non-hydrogen) atoms. The highest BCUT2D eigenvalue weighted by atomic mass is 16.5. The van der Waals surface area contributed by atoms with Crippen LogP contribution in [0.4, 0.5) is 5.69 Å². The average Bonchev–Trinajstić information content (AvgIpc) is 2.62. The number of aryl methyl sites for hydroxylation is 1. The molecule has 1 N–H and O–H groups in total. The van der Waals surface area contributed by atoms with Crippen molar-refractivity contribution in [3.63, 3.8) is 0 Å². The van der Waals surface area contributed by atoms with E-state index in [1.54, 1.807) is 12.0 Å². The number of fused-ring (bicyclic) bond motifs is 1. The number of ether oxygens (including phenoxy) is 1. The van der Waals surface area contributed by atoms with Crippen molar-refractivity contribution in [3.8, 4) is 5.75 Å². The lowest BCUT2D eigenvalue weighted by atomic mass is 10.0. The number of hydrogen-bond donors (Lipinski definition) is 1. The third kappa shape index (κ3) is 3.56. The lowest BCUT2D eigenvalue weighted by Gasteiger charge is -2.28. The molecule has 124 valence electrons. The van der Waals surface area contributed by atoms with Crippen LogP contribution in [0.15, 0.2) is 48.5 Å². The van der Waals surface area contributed by atoms with E-state index in [1.807, 2.05) is 48.5 Å². The zero-order valence-electron chi connectivity index (χ0n) is 13.6. The van der Waals surface area contributed by atoms with Gasteiger partial charge in [0.2, 0.25) is 11.8 Å². The van der Waals surface area contributed by atoms with Crippen LogP contribution in [0.3, 0.4) is 0 Å². The molecule has 1 aliphatic rings. The first kappa shape index (κ1) is 16.1. The summed E-state index contributed by atoms with van der Waals surface area (Å²) in [6.45, 7) is 0.444. The first-order valence-corrected chi connectivity index (χ1v) is 7.95. The van der Waals surface area contributed by atoms with Gasteiger partial charge in [-0.25, -0.2) is 0 Å². The van der Waals surface area contributed by atoms with E-state index < -0.39 is 0 Å². The first-order valence-electron chi connectivity index (χ1n) is 7.95. The van der Waals surface area contributed by atoms with E-state index in [4.69, 9.17) is 4.74 Å². The van der Waals surface area contributed by atoms with Crippen LogP contribution in [-0.4, -0.2) is 25.5 Å². The molecule has 0 spiro atoms. The zero-order chi connectivity index (χ0) is 16.9. The molecule has 2 aromatic carbocycles. The normalized spacial score (nSPS) is 13.4. The smallest absolute Gasteiger partial charge is 0.240 e. The number of para-hydroxylation sites is 1. The molecule has 0 unspecified atom stereocenters. The van der Waals surface area contributed by atoms with E-state index in [2.05, 4.69) is 5.32 Å². The number of carbonyl (C=O) groups excluding carboxylic acids is 2. The molecule has 5 heteroatoms. The maximum atomic E-state index is 12.3. The third-order valence-electron chi connectivity index (χ3n) is 4.12. The summed E-state index contributed by atoms with van der Waals surface area (Å²) in [5.41, 5.74) is 2.90. The molecule has 1 heterocycles. The molecule has 0 aromatic heterocycles. The second-order valence-corrected chi connectivity index (χ2v) is 5.74. The summed E-state index contributed by atoms with van der Waals surface area (Å²) in [6.07, 6.45) is 1.18. The standard InChI is InChI=1S/C19H20N2O3/c1-24-16-7-4-5-14(11-16)12-20-18(22)13-21-17-8-3-2-6-15(17)9-10-19(21)23/h2-8,11H,9-10,12-13H2,1H3,(H,20,22). The van der Waals surface area contributed by atoms with Crippen LogP contribution in [0, 0.1) is 0 Å². The third-order valence-corrected chi connectivity index (χ3v) is 4.12. The van der Waals surface area contributed by atoms with Gasteiger partial charge in [-0.15, -0.1) is 0 Å². The highest BCUT2D eigenvalue weighted by Gasteiger charge is 2.25. The van der Waals surface area contributed by atoms with Crippen molar-refractivity contribution in [2.24, 2.45) is 0 Å². The molecule has 1 aliphatic heterocycles. The molecule has 3 rings (SSSR count). The van der Waals surface area contributed by atoms with E-state index in [0.717, 1.165) is 29.0 Å². The van der Waals surface area contributed by atoms with E-state index in [1.165, 1.54) is 0 Å². The van der Waals surface area contributed by atoms with Gasteiger partial charge in [0.05, 0.1) is 7.11 Å². The summed E-state index contributed by atoms with van der Waals surface area (Å²) >= 11 is 0. The van der Waals surface area contributed by atoms with Gasteiger partial charge in [-0.05, 0) is 35.7 Å². The molecule has 0 bridgehead atoms. The van der Waals surface area contributed by atoms with Gasteiger partial charge in [0.15, 0.2) is 0 Å². The fraction of sp³-hybridized carbons (Fsp3) is 0.263. The predicted molar refractivity (Wildman–Crippen MR) is 92.0 cm³/mol. The monoisotopic (exact) mass is 324 g/mol. The Bertz CT molecular complexity index is 758. The molecular formula is C19H20N2O3. The van der Waals surface area contributed by atoms with Crippen LogP contribution in [0.5, 0.6) is 5.75 Å². The van der Waals surface area contributed by atoms with Crippen molar-refractivity contribution >= 4 is 17.5 Å². The summed E-state index contributed by atoms with van der Waals surface area (Å²) < 4.78 is 5.17. The highest BCUT2D eigenvalue weighted by Crippen LogP contribution is 2.27. The Morgan fingerprint density at radius 3 is 2.83 bits per heavy atom. The average molecular weight is 324 g/mol. The van der Waals surface area contributed by atoms with Gasteiger partial charge in [0.1, 0.15) is 12.3 Å². The summed E-state index contributed by atoms with van der Waals surface area (Å²) in [7, 11) is 1.61. The number of methoxy groups -OCH3 is 1. The Labute approximate surface area is 141 Å². The Kier molecular flexibility index (Phi) is 4.79. The number of carbonyl (C=O) groups is 2. The fourth-order valence-electron chi connectivity index (χ4n) is 2.85. The van der Waals surface area contributed by atoms with Crippen LogP contribution < -0.4 is 15.0 Å². The van der Waals surface area contributed by atoms with Gasteiger partial charge in [-0.3, -0.25) is 9.59 Å². The number of benzene rings is 2. The molecule has 0 aliphatic carbocycles. The predicted octanol–water partition coefficient (Wildman–Crippen LogP) is 2.29. The van der Waals surface area contributed by atoms with Crippen LogP contribution in [0.1, 0.15) is 17.5 Å². The SMILES string of the molecule is COc1cccc(CNC(=O)CN2C(=O)CCc3ccccc32)c1. The Balaban J connectivity index is 1.63. The van der Waals surface area contributed by atoms with E-state index >= 15 is 0 Å². The first-order chi connectivity index (χ1) is 11.7. The molecule has 0 atom stereocenters. The van der Waals surface area contributed by atoms with Gasteiger partial charge >= 0.3 is 0 Å². The Morgan fingerprint density at radius 1 is 1.17 bits per heavy atom. The van der Waals surface area contributed by atoms with Gasteiger partial charge < -0.3 is 15.0 Å². The van der Waals surface area contributed by atoms with Crippen LogP contribution in [-0.2, 0) is 22.6 Å². The van der Waals surface area contributed by atoms with Gasteiger partial charge in [0, 0.05) is 18.7 Å². The molecule has 0 fully saturated rings. The van der Waals surface area contributed by atoms with Crippen LogP contribution in [0.2, 0.25) is 0 Å². The zero-order valence-corrected chi connectivity index (χ0v) is 13.6. The lowest BCUT2D eigenvalue weighted by Crippen LogP contribution is -2.42. The highest BCUT2D eigenvalue weighted by molar-refractivity contribution is 6.00. The maximum Gasteiger partial charge on any atom is 0.240 e. The largest absolute Gasteiger partial charge is 0.497 e. The number of amides is 2. The molecular weight excluding hydrogens is 304 g/mol. The molecule has 2 aromatic rings. The summed E-state index contributed by atoms with van der Waals surface area (Å²) in [6, 6.07) is 15.3. The van der Waals surface area contributed by atoms with Crippen molar-refractivity contribution in [1.29, 1.82) is 0 Å². The Hall–Kier alpha value is -2.82. The topological polar surface area (TPSA) is 58.6 Å². The van der Waals surface area contributed by atoms with Gasteiger partial charge in [0.25, 0.3) is 0 Å². The molecule has 0 saturated heterocycles. The van der Waals surface area contributed by atoms with Crippen LogP contribution >= 0.6 is 0 Å². The number of anilines is 1. The van der Waals surface area contributed by atoms with Gasteiger partial charge in [-0.2, -0.15) is 0 Å². The quantitative estimate of drug-likeness (QED) is 0.918. The molecule has 2 amide bonds. The lowest BCUT2D eigenvalue weighted by molar-refractivity contribution is -0.124. The molecule has 0 radical (unpaired) electrons. The minimum absolute atomic E-state index is 0.00905. The van der Waals surface area contributed by atoms with E-state index in [9.17, 15) is 9.59 Å². The van der Waals surface area contributed by atoms with Crippen molar-refractivity contribution in [3.05, 3.63) is 59.7 Å². The number of hydrogen-bond acceptors (Lipinski definition) is 3. The fourth-order valence-corrected chi connectivity index (χ4v) is 2.85. The minimum Gasteiger partial charge on any atom is -0.497 e. The molecule has 0 saturated carbocycles. The molecule has 5 nitrogen and oxygen atoms in total. The van der Waals surface area contributed by atoms with Crippen LogP contribution in [0.25, 0.3) is 0 Å². The van der Waals surface area contributed by atoms with E-state index in [0.29, 0.717) is 13.0 Å². The number of nitrogens with zero attached hydrogens (tertiary/aromatic N) is 1. The van der Waals surface area contributed by atoms with Crippen molar-refractivity contribution in [1.82, 2.24) is 5.32 Å². The number of rotatable bonds is 5. The summed E-state index contributed by atoms with van der Waals surface area (Å²) in [5, 5.41) is 2.86. The summed E-state index contributed by atoms with van der Waals surface area (Å²) in [4.78, 5) is 26.0. The van der Waals surface area contributed by atoms with Crippen molar-refractivity contribution in [2.75, 3.05) is 18.6 Å². The minimum atomic E-state index is -0.178. The van der Waals surface area contributed by atoms with Gasteiger partial charge in [-0.1, -0.05) is 30.3 Å². The maximum absolute atomic E-state index is 12.3. The second-order valence-electron chi connectivity index (χ2n) is 5.74. The van der Waals surface area contributed by atoms with Crippen molar-refractivity contribution < 1.29 is 14.3 Å². The van der Waals surface area contributed by atoms with E-state index in [-0.39, 0.29) is 18.4 Å². The Morgan fingerprint density at radius 2 is 2.00 bits per heavy atom. The van der Waals surface area contributed by atoms with Crippen molar-refractivity contribution in [2.45, 2.75) is 19.4 Å². The second kappa shape index (κ2) is 7.17. The number of nitrogens with one attached hydrogen (secondary N) is 1. The summed E-state index contributed by atoms with van der Waals surface area (Å²) in [5.74, 6) is 0.565.